The largest absolute Gasteiger partial charge is 0.380 e. The molecule has 1 N–H and O–H groups in total. The minimum atomic E-state index is -0.555. The predicted molar refractivity (Wildman–Crippen MR) is 139 cm³/mol. The first-order valence-electron chi connectivity index (χ1n) is 12.0. The van der Waals surface area contributed by atoms with E-state index in [1.54, 1.807) is 54.5 Å². The van der Waals surface area contributed by atoms with Crippen molar-refractivity contribution in [2.45, 2.75) is 33.4 Å². The molecule has 1 fully saturated rings. The predicted octanol–water partition coefficient (Wildman–Crippen LogP) is 3.50. The zero-order valence-electron chi connectivity index (χ0n) is 20.8. The molecule has 0 atom stereocenters. The molecule has 3 aromatic rings. The summed E-state index contributed by atoms with van der Waals surface area (Å²) in [5, 5.41) is 3.99. The number of ether oxygens (including phenoxy) is 1. The van der Waals surface area contributed by atoms with Gasteiger partial charge in [-0.15, -0.1) is 0 Å². The summed E-state index contributed by atoms with van der Waals surface area (Å²) in [6, 6.07) is 12.1. The molecule has 1 saturated heterocycles. The van der Waals surface area contributed by atoms with Crippen LogP contribution in [0.15, 0.2) is 53.5 Å². The van der Waals surface area contributed by atoms with Crippen molar-refractivity contribution in [3.63, 3.8) is 0 Å². The molecule has 0 bridgehead atoms. The van der Waals surface area contributed by atoms with Crippen LogP contribution in [0.4, 0.5) is 0 Å². The molecule has 0 unspecified atom stereocenters. The Bertz CT molecular complexity index is 1320. The topological polar surface area (TPSA) is 93.5 Å². The highest BCUT2D eigenvalue weighted by molar-refractivity contribution is 6.30. The summed E-state index contributed by atoms with van der Waals surface area (Å²) in [4.78, 5) is 45.6. The van der Waals surface area contributed by atoms with E-state index in [0.717, 1.165) is 12.0 Å². The molecule has 0 aliphatic carbocycles. The van der Waals surface area contributed by atoms with Gasteiger partial charge in [0.25, 0.3) is 11.5 Å². The fraction of sp³-hybridized carbons (Fsp3) is 0.407. The van der Waals surface area contributed by atoms with Crippen LogP contribution in [0.25, 0.3) is 11.0 Å². The van der Waals surface area contributed by atoms with Gasteiger partial charge in [-0.2, -0.15) is 0 Å². The van der Waals surface area contributed by atoms with Crippen molar-refractivity contribution < 1.29 is 14.3 Å². The number of nitrogens with one attached hydrogen (secondary N) is 1. The minimum absolute atomic E-state index is 0.0383. The van der Waals surface area contributed by atoms with Gasteiger partial charge in [0.1, 0.15) is 17.8 Å². The number of rotatable bonds is 9. The SMILES string of the molecule is CC(C)CC1(CN(C)C(=O)Cn2c(=O)c(C(=O)NCc3ccc(Cl)cc3)cc3cccnc32)COC1. The second kappa shape index (κ2) is 10.8. The molecular weight excluding hydrogens is 480 g/mol. The van der Waals surface area contributed by atoms with E-state index in [-0.39, 0.29) is 30.0 Å². The molecular formula is C27H31ClN4O4. The van der Waals surface area contributed by atoms with Crippen LogP contribution in [0, 0.1) is 11.3 Å². The lowest BCUT2D eigenvalue weighted by Gasteiger charge is -2.45. The maximum atomic E-state index is 13.4. The first-order chi connectivity index (χ1) is 17.2. The molecule has 1 aliphatic rings. The molecule has 1 aromatic carbocycles. The lowest BCUT2D eigenvalue weighted by atomic mass is 9.78. The smallest absolute Gasteiger partial charge is 0.265 e. The molecule has 4 rings (SSSR count). The Balaban J connectivity index is 1.56. The van der Waals surface area contributed by atoms with Crippen molar-refractivity contribution in [2.75, 3.05) is 26.8 Å². The van der Waals surface area contributed by atoms with Crippen molar-refractivity contribution in [3.05, 3.63) is 75.2 Å². The van der Waals surface area contributed by atoms with Crippen LogP contribution in [0.2, 0.25) is 5.02 Å². The number of carbonyl (C=O) groups is 2. The van der Waals surface area contributed by atoms with Crippen molar-refractivity contribution >= 4 is 34.4 Å². The Morgan fingerprint density at radius 3 is 2.58 bits per heavy atom. The zero-order valence-corrected chi connectivity index (χ0v) is 21.5. The van der Waals surface area contributed by atoms with E-state index >= 15 is 0 Å². The Hall–Kier alpha value is -3.23. The third-order valence-electron chi connectivity index (χ3n) is 6.41. The minimum Gasteiger partial charge on any atom is -0.380 e. The molecule has 9 heteroatoms. The van der Waals surface area contributed by atoms with Crippen LogP contribution in [-0.2, 0) is 22.6 Å². The van der Waals surface area contributed by atoms with Crippen LogP contribution in [0.3, 0.4) is 0 Å². The van der Waals surface area contributed by atoms with Gasteiger partial charge in [0.2, 0.25) is 5.91 Å². The van der Waals surface area contributed by atoms with E-state index in [1.807, 2.05) is 0 Å². The fourth-order valence-corrected chi connectivity index (χ4v) is 4.90. The Labute approximate surface area is 215 Å². The van der Waals surface area contributed by atoms with Crippen LogP contribution in [-0.4, -0.2) is 53.1 Å². The number of aromatic nitrogens is 2. The van der Waals surface area contributed by atoms with Gasteiger partial charge in [-0.25, -0.2) is 4.98 Å². The maximum Gasteiger partial charge on any atom is 0.265 e. The molecule has 8 nitrogen and oxygen atoms in total. The van der Waals surface area contributed by atoms with E-state index in [2.05, 4.69) is 24.1 Å². The Morgan fingerprint density at radius 1 is 1.22 bits per heavy atom. The summed E-state index contributed by atoms with van der Waals surface area (Å²) in [5.41, 5.74) is 0.557. The van der Waals surface area contributed by atoms with Crippen molar-refractivity contribution in [2.24, 2.45) is 11.3 Å². The van der Waals surface area contributed by atoms with Gasteiger partial charge in [-0.3, -0.25) is 19.0 Å². The van der Waals surface area contributed by atoms with E-state index in [0.29, 0.717) is 41.7 Å². The van der Waals surface area contributed by atoms with Crippen LogP contribution in [0.5, 0.6) is 0 Å². The number of nitrogens with zero attached hydrogens (tertiary/aromatic N) is 3. The summed E-state index contributed by atoms with van der Waals surface area (Å²) < 4.78 is 6.75. The van der Waals surface area contributed by atoms with Gasteiger partial charge in [0, 0.05) is 42.2 Å². The zero-order chi connectivity index (χ0) is 25.9. The monoisotopic (exact) mass is 510 g/mol. The van der Waals surface area contributed by atoms with E-state index in [4.69, 9.17) is 16.3 Å². The highest BCUT2D eigenvalue weighted by Gasteiger charge is 2.40. The van der Waals surface area contributed by atoms with Crippen molar-refractivity contribution in [1.82, 2.24) is 19.8 Å². The highest BCUT2D eigenvalue weighted by Crippen LogP contribution is 2.35. The van der Waals surface area contributed by atoms with Gasteiger partial charge < -0.3 is 15.0 Å². The summed E-state index contributed by atoms with van der Waals surface area (Å²) in [5.74, 6) is -0.258. The first-order valence-corrected chi connectivity index (χ1v) is 12.4. The lowest BCUT2D eigenvalue weighted by molar-refractivity contribution is -0.150. The first kappa shape index (κ1) is 25.9. The molecule has 1 aliphatic heterocycles. The van der Waals surface area contributed by atoms with Crippen molar-refractivity contribution in [1.29, 1.82) is 0 Å². The van der Waals surface area contributed by atoms with Gasteiger partial charge in [0.05, 0.1) is 13.2 Å². The van der Waals surface area contributed by atoms with Crippen molar-refractivity contribution in [3.8, 4) is 0 Å². The van der Waals surface area contributed by atoms with Crippen LogP contribution < -0.4 is 10.9 Å². The molecule has 190 valence electrons. The van der Waals surface area contributed by atoms with E-state index < -0.39 is 11.5 Å². The number of likely N-dealkylation sites (N-methyl/N-ethyl adjacent to an activating group) is 1. The number of hydrogen-bond donors (Lipinski definition) is 1. The average Bonchev–Trinajstić information content (AvgIpc) is 2.83. The second-order valence-electron chi connectivity index (χ2n) is 10.0. The van der Waals surface area contributed by atoms with E-state index in [1.165, 1.54) is 10.6 Å². The van der Waals surface area contributed by atoms with Gasteiger partial charge in [-0.05, 0) is 48.2 Å². The summed E-state index contributed by atoms with van der Waals surface area (Å²) in [6.45, 7) is 6.13. The number of fused-ring (bicyclic) bond motifs is 1. The maximum absolute atomic E-state index is 13.4. The number of amides is 2. The number of halogens is 1. The molecule has 0 saturated carbocycles. The van der Waals surface area contributed by atoms with E-state index in [9.17, 15) is 14.4 Å². The third-order valence-corrected chi connectivity index (χ3v) is 6.66. The molecule has 2 aromatic heterocycles. The van der Waals surface area contributed by atoms with Gasteiger partial charge in [-0.1, -0.05) is 37.6 Å². The molecule has 0 radical (unpaired) electrons. The average molecular weight is 511 g/mol. The van der Waals surface area contributed by atoms with Gasteiger partial charge >= 0.3 is 0 Å². The molecule has 2 amide bonds. The number of benzene rings is 1. The molecule has 0 spiro atoms. The normalized spacial score (nSPS) is 14.5. The third kappa shape index (κ3) is 5.77. The summed E-state index contributed by atoms with van der Waals surface area (Å²) in [6.07, 6.45) is 2.52. The number of carbonyl (C=O) groups excluding carboxylic acids is 2. The second-order valence-corrected chi connectivity index (χ2v) is 10.5. The molecule has 36 heavy (non-hydrogen) atoms. The number of pyridine rings is 2. The highest BCUT2D eigenvalue weighted by atomic mass is 35.5. The van der Waals surface area contributed by atoms with Gasteiger partial charge in [0.15, 0.2) is 0 Å². The Kier molecular flexibility index (Phi) is 7.76. The standard InChI is InChI=1S/C27H31ClN4O4/c1-18(2)12-27(16-36-17-27)15-31(3)23(33)14-32-24-20(5-4-10-29-24)11-22(26(32)35)25(34)30-13-19-6-8-21(28)9-7-19/h4-11,18H,12-17H2,1-3H3,(H,30,34). The summed E-state index contributed by atoms with van der Waals surface area (Å²) in [7, 11) is 1.74. The Morgan fingerprint density at radius 2 is 1.94 bits per heavy atom. The van der Waals surface area contributed by atoms with Crippen LogP contribution in [0.1, 0.15) is 36.2 Å². The quantitative estimate of drug-likeness (QED) is 0.475. The van der Waals surface area contributed by atoms with Crippen LogP contribution >= 0.6 is 11.6 Å². The lowest BCUT2D eigenvalue weighted by Crippen LogP contribution is -2.52. The molecule has 3 heterocycles. The fourth-order valence-electron chi connectivity index (χ4n) is 4.77. The number of hydrogen-bond acceptors (Lipinski definition) is 5. The summed E-state index contributed by atoms with van der Waals surface area (Å²) >= 11 is 5.92.